The molecular formula is C14H4ClF6IN4. The summed E-state index contributed by atoms with van der Waals surface area (Å²) in [7, 11) is 0. The lowest BCUT2D eigenvalue weighted by Crippen LogP contribution is -2.06. The van der Waals surface area contributed by atoms with Gasteiger partial charge in [0.15, 0.2) is 0 Å². The number of hydrogen-bond acceptors (Lipinski definition) is 4. The Balaban J connectivity index is 0.000000260. The van der Waals surface area contributed by atoms with E-state index in [1.165, 1.54) is 6.07 Å². The van der Waals surface area contributed by atoms with E-state index in [1.54, 1.807) is 28.7 Å². The number of aromatic nitrogens is 2. The molecule has 26 heavy (non-hydrogen) atoms. The van der Waals surface area contributed by atoms with Crippen LogP contribution in [0.2, 0.25) is 5.15 Å². The van der Waals surface area contributed by atoms with E-state index in [-0.39, 0.29) is 20.2 Å². The fourth-order valence-corrected chi connectivity index (χ4v) is 2.24. The van der Waals surface area contributed by atoms with Gasteiger partial charge in [-0.05, 0) is 46.9 Å². The van der Waals surface area contributed by atoms with Gasteiger partial charge in [0.1, 0.15) is 32.4 Å². The van der Waals surface area contributed by atoms with Crippen LogP contribution in [0.1, 0.15) is 22.5 Å². The van der Waals surface area contributed by atoms with Crippen molar-refractivity contribution in [1.29, 1.82) is 10.5 Å². The Labute approximate surface area is 161 Å². The smallest absolute Gasteiger partial charge is 0.231 e. The van der Waals surface area contributed by atoms with Crippen molar-refractivity contribution in [2.75, 3.05) is 0 Å². The number of rotatable bonds is 0. The number of halogens is 8. The maximum Gasteiger partial charge on any atom is 0.416 e. The molecule has 0 saturated heterocycles. The summed E-state index contributed by atoms with van der Waals surface area (Å²) in [5.74, 6) is 0. The van der Waals surface area contributed by atoms with Crippen LogP contribution < -0.4 is 0 Å². The van der Waals surface area contributed by atoms with Gasteiger partial charge in [0.2, 0.25) is 0 Å². The van der Waals surface area contributed by atoms with E-state index in [2.05, 4.69) is 9.97 Å². The van der Waals surface area contributed by atoms with Crippen molar-refractivity contribution >= 4 is 34.2 Å². The molecular weight excluding hydrogens is 501 g/mol. The second-order valence-corrected chi connectivity index (χ2v) is 5.84. The second kappa shape index (κ2) is 8.51. The van der Waals surface area contributed by atoms with Crippen LogP contribution in [0.3, 0.4) is 0 Å². The Hall–Kier alpha value is -2.12. The van der Waals surface area contributed by atoms with Gasteiger partial charge >= 0.3 is 12.4 Å². The molecule has 0 fully saturated rings. The minimum atomic E-state index is -4.50. The summed E-state index contributed by atoms with van der Waals surface area (Å²) >= 11 is 6.90. The monoisotopic (exact) mass is 504 g/mol. The summed E-state index contributed by atoms with van der Waals surface area (Å²) in [6.45, 7) is 0. The first kappa shape index (κ1) is 21.9. The summed E-state index contributed by atoms with van der Waals surface area (Å²) in [5, 5.41) is 16.3. The van der Waals surface area contributed by atoms with Crippen molar-refractivity contribution in [1.82, 2.24) is 9.97 Å². The molecule has 0 amide bonds. The second-order valence-electron chi connectivity index (χ2n) is 4.35. The van der Waals surface area contributed by atoms with Gasteiger partial charge in [0.05, 0.1) is 11.1 Å². The van der Waals surface area contributed by atoms with Crippen molar-refractivity contribution in [2.45, 2.75) is 12.4 Å². The van der Waals surface area contributed by atoms with Gasteiger partial charge in [0, 0.05) is 0 Å². The van der Waals surface area contributed by atoms with Crippen molar-refractivity contribution in [3.8, 4) is 12.1 Å². The van der Waals surface area contributed by atoms with Crippen LogP contribution in [0.5, 0.6) is 0 Å². The molecule has 0 unspecified atom stereocenters. The molecule has 0 aliphatic rings. The Bertz CT molecular complexity index is 809. The van der Waals surface area contributed by atoms with Gasteiger partial charge in [-0.25, -0.2) is 9.97 Å². The molecule has 0 aliphatic heterocycles. The maximum absolute atomic E-state index is 12.1. The normalized spacial score (nSPS) is 11.0. The largest absolute Gasteiger partial charge is 0.416 e. The molecule has 0 atom stereocenters. The molecule has 136 valence electrons. The topological polar surface area (TPSA) is 73.4 Å². The Morgan fingerprint density at radius 2 is 1.23 bits per heavy atom. The maximum atomic E-state index is 12.1. The van der Waals surface area contributed by atoms with Crippen molar-refractivity contribution in [2.24, 2.45) is 0 Å². The quantitative estimate of drug-likeness (QED) is 0.281. The third kappa shape index (κ3) is 6.65. The number of hydrogen-bond donors (Lipinski definition) is 0. The summed E-state index contributed by atoms with van der Waals surface area (Å²) in [6.07, 6.45) is -8.92. The molecule has 2 aromatic heterocycles. The standard InChI is InChI=1S/C7H2ClF3N2.C7H2F3IN2/c8-6-2-4(7(9,10)11)1-5(3-12)13-6;8-7(9,10)4-1-5(3-12)13-6(11)2-4/h2*1-2H. The zero-order chi connectivity index (χ0) is 20.1. The predicted octanol–water partition coefficient (Wildman–Crippen LogP) is 5.20. The third-order valence-corrected chi connectivity index (χ3v) is 3.22. The first-order valence-electron chi connectivity index (χ1n) is 6.16. The number of pyridine rings is 2. The van der Waals surface area contributed by atoms with E-state index in [1.807, 2.05) is 0 Å². The van der Waals surface area contributed by atoms with Gasteiger partial charge < -0.3 is 0 Å². The molecule has 0 aliphatic carbocycles. The SMILES string of the molecule is N#Cc1cc(C(F)(F)F)cc(Cl)n1.N#Cc1cc(C(F)(F)F)cc(I)n1. The van der Waals surface area contributed by atoms with Crippen molar-refractivity contribution < 1.29 is 26.3 Å². The minimum Gasteiger partial charge on any atom is -0.231 e. The average Bonchev–Trinajstić information content (AvgIpc) is 2.52. The summed E-state index contributed by atoms with van der Waals surface area (Å²) in [6, 6.07) is 5.98. The summed E-state index contributed by atoms with van der Waals surface area (Å²) in [4.78, 5) is 6.96. The molecule has 0 bridgehead atoms. The van der Waals surface area contributed by atoms with Crippen LogP contribution >= 0.6 is 34.2 Å². The van der Waals surface area contributed by atoms with E-state index in [9.17, 15) is 26.3 Å². The lowest BCUT2D eigenvalue weighted by Gasteiger charge is -2.06. The number of nitriles is 2. The molecule has 0 saturated carbocycles. The van der Waals surface area contributed by atoms with Gasteiger partial charge in [-0.1, -0.05) is 11.6 Å². The third-order valence-electron chi connectivity index (χ3n) is 2.47. The van der Waals surface area contributed by atoms with Crippen LogP contribution in [0, 0.1) is 26.4 Å². The first-order chi connectivity index (χ1) is 11.9. The molecule has 2 aromatic rings. The molecule has 2 rings (SSSR count). The van der Waals surface area contributed by atoms with E-state index < -0.39 is 23.5 Å². The lowest BCUT2D eigenvalue weighted by atomic mass is 10.2. The highest BCUT2D eigenvalue weighted by atomic mass is 127. The molecule has 0 N–H and O–H groups in total. The van der Waals surface area contributed by atoms with E-state index in [0.29, 0.717) is 12.1 Å². The van der Waals surface area contributed by atoms with E-state index >= 15 is 0 Å². The predicted molar refractivity (Wildman–Crippen MR) is 85.6 cm³/mol. The molecule has 12 heteroatoms. The van der Waals surface area contributed by atoms with Gasteiger partial charge in [-0.3, -0.25) is 0 Å². The van der Waals surface area contributed by atoms with Crippen LogP contribution in [0.4, 0.5) is 26.3 Å². The molecule has 0 aromatic carbocycles. The van der Waals surface area contributed by atoms with Crippen LogP contribution in [0.15, 0.2) is 24.3 Å². The van der Waals surface area contributed by atoms with Gasteiger partial charge in [0.25, 0.3) is 0 Å². The van der Waals surface area contributed by atoms with Crippen LogP contribution in [-0.2, 0) is 12.4 Å². The molecule has 4 nitrogen and oxygen atoms in total. The zero-order valence-corrected chi connectivity index (χ0v) is 15.0. The van der Waals surface area contributed by atoms with E-state index in [0.717, 1.165) is 12.1 Å². The minimum absolute atomic E-state index is 0.156. The molecule has 2 heterocycles. The Morgan fingerprint density at radius 1 is 0.808 bits per heavy atom. The zero-order valence-electron chi connectivity index (χ0n) is 12.1. The van der Waals surface area contributed by atoms with Crippen LogP contribution in [-0.4, -0.2) is 9.97 Å². The summed E-state index contributed by atoms with van der Waals surface area (Å²) < 4.78 is 72.9. The first-order valence-corrected chi connectivity index (χ1v) is 7.62. The lowest BCUT2D eigenvalue weighted by molar-refractivity contribution is -0.138. The number of alkyl halides is 6. The average molecular weight is 505 g/mol. The highest BCUT2D eigenvalue weighted by molar-refractivity contribution is 14.1. The van der Waals surface area contributed by atoms with Crippen molar-refractivity contribution in [3.63, 3.8) is 0 Å². The molecule has 0 radical (unpaired) electrons. The Kier molecular flexibility index (Phi) is 7.17. The van der Waals surface area contributed by atoms with Gasteiger partial charge in [-0.2, -0.15) is 36.9 Å². The summed E-state index contributed by atoms with van der Waals surface area (Å²) in [5.41, 5.74) is -2.38. The highest BCUT2D eigenvalue weighted by Gasteiger charge is 2.32. The molecule has 0 spiro atoms. The fourth-order valence-electron chi connectivity index (χ4n) is 1.44. The van der Waals surface area contributed by atoms with E-state index in [4.69, 9.17) is 22.1 Å². The Morgan fingerprint density at radius 3 is 1.65 bits per heavy atom. The van der Waals surface area contributed by atoms with Crippen LogP contribution in [0.25, 0.3) is 0 Å². The highest BCUT2D eigenvalue weighted by Crippen LogP contribution is 2.31. The number of nitrogens with zero attached hydrogens (tertiary/aromatic N) is 4. The fraction of sp³-hybridized carbons (Fsp3) is 0.143. The van der Waals surface area contributed by atoms with Crippen molar-refractivity contribution in [3.05, 3.63) is 55.6 Å². The van der Waals surface area contributed by atoms with Gasteiger partial charge in [-0.15, -0.1) is 0 Å².